The highest BCUT2D eigenvalue weighted by molar-refractivity contribution is 5.96. The maximum atomic E-state index is 12.9. The summed E-state index contributed by atoms with van der Waals surface area (Å²) in [5.41, 5.74) is 3.45. The number of fused-ring (bicyclic) bond motifs is 1. The van der Waals surface area contributed by atoms with Crippen LogP contribution in [0.15, 0.2) is 72.9 Å². The second-order valence-electron chi connectivity index (χ2n) is 9.42. The Hall–Kier alpha value is -4.59. The predicted octanol–water partition coefficient (Wildman–Crippen LogP) is 6.68. The Labute approximate surface area is 232 Å². The van der Waals surface area contributed by atoms with Crippen LogP contribution in [0.5, 0.6) is 11.5 Å². The summed E-state index contributed by atoms with van der Waals surface area (Å²) in [4.78, 5) is 22.4. The zero-order valence-electron chi connectivity index (χ0n) is 22.1. The average molecular weight is 546 g/mol. The number of halogens is 1. The van der Waals surface area contributed by atoms with Crippen molar-refractivity contribution in [2.75, 3.05) is 13.2 Å². The minimum Gasteiger partial charge on any atom is -0.494 e. The van der Waals surface area contributed by atoms with E-state index in [1.54, 1.807) is 12.1 Å². The Morgan fingerprint density at radius 3 is 2.08 bits per heavy atom. The van der Waals surface area contributed by atoms with E-state index < -0.39 is 11.9 Å². The normalized spacial score (nSPS) is 11.2. The first-order chi connectivity index (χ1) is 19.4. The average Bonchev–Trinajstić information content (AvgIpc) is 3.28. The summed E-state index contributed by atoms with van der Waals surface area (Å²) in [6, 6.07) is 19.5. The van der Waals surface area contributed by atoms with E-state index in [4.69, 9.17) is 14.6 Å². The van der Waals surface area contributed by atoms with Crippen LogP contribution in [0.25, 0.3) is 23.1 Å². The van der Waals surface area contributed by atoms with Gasteiger partial charge in [-0.3, -0.25) is 9.59 Å². The fourth-order valence-corrected chi connectivity index (χ4v) is 4.47. The number of benzene rings is 3. The van der Waals surface area contributed by atoms with Crippen molar-refractivity contribution in [3.8, 4) is 11.5 Å². The number of carboxylic acid groups (broad SMARTS) is 2. The Bertz CT molecular complexity index is 1460. The number of aryl methyl sites for hydroxylation is 1. The van der Waals surface area contributed by atoms with Gasteiger partial charge in [-0.2, -0.15) is 0 Å². The lowest BCUT2D eigenvalue weighted by atomic mass is 10.0. The summed E-state index contributed by atoms with van der Waals surface area (Å²) in [5, 5.41) is 19.3. The van der Waals surface area contributed by atoms with E-state index in [9.17, 15) is 19.1 Å². The molecule has 0 bridgehead atoms. The molecule has 1 heterocycles. The van der Waals surface area contributed by atoms with Gasteiger partial charge in [-0.1, -0.05) is 36.4 Å². The molecule has 0 atom stereocenters. The Kier molecular flexibility index (Phi) is 9.93. The van der Waals surface area contributed by atoms with Crippen molar-refractivity contribution in [1.82, 2.24) is 4.57 Å². The molecule has 0 fully saturated rings. The van der Waals surface area contributed by atoms with E-state index in [-0.39, 0.29) is 18.7 Å². The van der Waals surface area contributed by atoms with Gasteiger partial charge in [-0.15, -0.1) is 0 Å². The number of aliphatic carboxylic acids is 2. The molecular formula is C32H32FNO6. The van der Waals surface area contributed by atoms with Crippen LogP contribution in [0.3, 0.4) is 0 Å². The Morgan fingerprint density at radius 1 is 0.800 bits per heavy atom. The molecule has 0 aliphatic carbocycles. The number of hydrogen-bond acceptors (Lipinski definition) is 4. The van der Waals surface area contributed by atoms with E-state index in [1.165, 1.54) is 12.1 Å². The van der Waals surface area contributed by atoms with E-state index >= 15 is 0 Å². The van der Waals surface area contributed by atoms with Crippen molar-refractivity contribution in [1.29, 1.82) is 0 Å². The number of carboxylic acids is 2. The van der Waals surface area contributed by atoms with Crippen LogP contribution in [0.4, 0.5) is 4.39 Å². The highest BCUT2D eigenvalue weighted by Crippen LogP contribution is 2.28. The Morgan fingerprint density at radius 2 is 1.45 bits per heavy atom. The summed E-state index contributed by atoms with van der Waals surface area (Å²) in [5.74, 6) is -0.643. The fourth-order valence-electron chi connectivity index (χ4n) is 4.47. The largest absolute Gasteiger partial charge is 0.494 e. The molecular weight excluding hydrogens is 513 g/mol. The summed E-state index contributed by atoms with van der Waals surface area (Å²) in [6.07, 6.45) is 7.79. The van der Waals surface area contributed by atoms with Crippen LogP contribution < -0.4 is 9.47 Å². The number of nitrogens with zero attached hydrogens (tertiary/aromatic N) is 1. The van der Waals surface area contributed by atoms with Crippen LogP contribution in [-0.4, -0.2) is 39.9 Å². The molecule has 0 radical (unpaired) electrons. The van der Waals surface area contributed by atoms with Crippen molar-refractivity contribution in [2.24, 2.45) is 0 Å². The molecule has 1 aromatic heterocycles. The quantitative estimate of drug-likeness (QED) is 0.128. The van der Waals surface area contributed by atoms with Crippen molar-refractivity contribution in [3.05, 3.63) is 95.4 Å². The molecule has 0 aliphatic heterocycles. The van der Waals surface area contributed by atoms with Gasteiger partial charge in [0.05, 0.1) is 19.6 Å². The van der Waals surface area contributed by atoms with Crippen LogP contribution in [-0.2, 0) is 22.6 Å². The highest BCUT2D eigenvalue weighted by atomic mass is 19.1. The number of ether oxygens (including phenoxy) is 2. The molecule has 208 valence electrons. The summed E-state index contributed by atoms with van der Waals surface area (Å²) in [7, 11) is 0. The lowest BCUT2D eigenvalue weighted by Crippen LogP contribution is -2.02. The monoisotopic (exact) mass is 545 g/mol. The minimum atomic E-state index is -0.917. The van der Waals surface area contributed by atoms with Gasteiger partial charge >= 0.3 is 11.9 Å². The maximum absolute atomic E-state index is 12.9. The molecule has 3 aromatic carbocycles. The molecule has 0 aliphatic rings. The van der Waals surface area contributed by atoms with Gasteiger partial charge < -0.3 is 24.3 Å². The molecule has 2 N–H and O–H groups in total. The van der Waals surface area contributed by atoms with Crippen molar-refractivity contribution >= 4 is 35.0 Å². The zero-order chi connectivity index (χ0) is 28.3. The molecule has 0 amide bonds. The van der Waals surface area contributed by atoms with Crippen molar-refractivity contribution < 1.29 is 33.7 Å². The van der Waals surface area contributed by atoms with Crippen molar-refractivity contribution in [3.63, 3.8) is 0 Å². The van der Waals surface area contributed by atoms with E-state index in [1.807, 2.05) is 65.4 Å². The van der Waals surface area contributed by atoms with E-state index in [0.717, 1.165) is 40.6 Å². The smallest absolute Gasteiger partial charge is 0.307 e. The van der Waals surface area contributed by atoms with Crippen molar-refractivity contribution in [2.45, 2.75) is 38.6 Å². The lowest BCUT2D eigenvalue weighted by Gasteiger charge is -2.08. The van der Waals surface area contributed by atoms with Gasteiger partial charge in [-0.05, 0) is 78.4 Å². The van der Waals surface area contributed by atoms with E-state index in [2.05, 4.69) is 0 Å². The first-order valence-electron chi connectivity index (χ1n) is 13.2. The SMILES string of the molecule is O=C(O)CCCn1cc(CC(=O)O)c2c(C=Cc3ccc(OCCCCOc4ccc(F)cc4)cc3)cccc21. The first kappa shape index (κ1) is 28.4. The first-order valence-corrected chi connectivity index (χ1v) is 13.2. The van der Waals surface area contributed by atoms with Gasteiger partial charge in [-0.25, -0.2) is 4.39 Å². The summed E-state index contributed by atoms with van der Waals surface area (Å²) >= 11 is 0. The molecule has 40 heavy (non-hydrogen) atoms. The van der Waals surface area contributed by atoms with Gasteiger partial charge in [0.1, 0.15) is 17.3 Å². The molecule has 7 nitrogen and oxygen atoms in total. The van der Waals surface area contributed by atoms with Crippen LogP contribution in [0.1, 0.15) is 42.4 Å². The second kappa shape index (κ2) is 14.0. The number of unbranched alkanes of at least 4 members (excludes halogenated alkanes) is 1. The molecule has 0 spiro atoms. The Balaban J connectivity index is 1.34. The number of carbonyl (C=O) groups is 2. The zero-order valence-corrected chi connectivity index (χ0v) is 22.1. The number of hydrogen-bond donors (Lipinski definition) is 2. The van der Waals surface area contributed by atoms with Crippen LogP contribution in [0.2, 0.25) is 0 Å². The number of rotatable bonds is 15. The highest BCUT2D eigenvalue weighted by Gasteiger charge is 2.14. The molecule has 4 aromatic rings. The third kappa shape index (κ3) is 8.20. The third-order valence-electron chi connectivity index (χ3n) is 6.37. The standard InChI is InChI=1S/C32H32FNO6/c33-26-12-16-28(17-13-26)40-20-2-1-19-39-27-14-9-23(10-15-27)8-11-24-5-3-6-29-32(24)25(21-31(37)38)22-34(29)18-4-7-30(35)36/h3,5-6,8-17,22H,1-2,4,7,18-21H2,(H,35,36)(H,37,38). The second-order valence-corrected chi connectivity index (χ2v) is 9.42. The topological polar surface area (TPSA) is 98.0 Å². The predicted molar refractivity (Wildman–Crippen MR) is 152 cm³/mol. The third-order valence-corrected chi connectivity index (χ3v) is 6.37. The van der Waals surface area contributed by atoms with Gasteiger partial charge in [0.15, 0.2) is 0 Å². The van der Waals surface area contributed by atoms with Gasteiger partial charge in [0, 0.05) is 30.1 Å². The molecule has 0 unspecified atom stereocenters. The minimum absolute atomic E-state index is 0.0547. The molecule has 8 heteroatoms. The van der Waals surface area contributed by atoms with Gasteiger partial charge in [0.2, 0.25) is 0 Å². The summed E-state index contributed by atoms with van der Waals surface area (Å²) in [6.45, 7) is 1.59. The van der Waals surface area contributed by atoms with Crippen LogP contribution in [0, 0.1) is 5.82 Å². The molecule has 0 saturated heterocycles. The molecule has 0 saturated carbocycles. The number of aromatic nitrogens is 1. The van der Waals surface area contributed by atoms with E-state index in [0.29, 0.717) is 37.5 Å². The molecule has 4 rings (SSSR count). The van der Waals surface area contributed by atoms with Crippen LogP contribution >= 0.6 is 0 Å². The lowest BCUT2D eigenvalue weighted by molar-refractivity contribution is -0.137. The summed E-state index contributed by atoms with van der Waals surface area (Å²) < 4.78 is 26.3. The van der Waals surface area contributed by atoms with Gasteiger partial charge in [0.25, 0.3) is 0 Å². The maximum Gasteiger partial charge on any atom is 0.307 e. The fraction of sp³-hybridized carbons (Fsp3) is 0.250.